The smallest absolute Gasteiger partial charge is 0.241 e. The van der Waals surface area contributed by atoms with Gasteiger partial charge in [0, 0.05) is 22.0 Å². The summed E-state index contributed by atoms with van der Waals surface area (Å²) in [6, 6.07) is 3.40. The van der Waals surface area contributed by atoms with Crippen molar-refractivity contribution in [2.24, 2.45) is 0 Å². The lowest BCUT2D eigenvalue weighted by atomic mass is 10.2. The van der Waals surface area contributed by atoms with E-state index in [1.807, 2.05) is 25.8 Å². The van der Waals surface area contributed by atoms with E-state index in [-0.39, 0.29) is 4.90 Å². The molecule has 19 heavy (non-hydrogen) atoms. The molecule has 0 heterocycles. The molecular formula is C12H18Br2N2O2S. The van der Waals surface area contributed by atoms with Gasteiger partial charge in [-0.2, -0.15) is 0 Å². The maximum absolute atomic E-state index is 12.2. The minimum absolute atomic E-state index is 0.254. The molecule has 0 aliphatic heterocycles. The van der Waals surface area contributed by atoms with Gasteiger partial charge in [0.05, 0.1) is 4.90 Å². The van der Waals surface area contributed by atoms with Gasteiger partial charge in [0.25, 0.3) is 0 Å². The Hall–Kier alpha value is 0.0500. The van der Waals surface area contributed by atoms with Crippen molar-refractivity contribution in [1.82, 2.24) is 9.62 Å². The highest BCUT2D eigenvalue weighted by Crippen LogP contribution is 2.28. The van der Waals surface area contributed by atoms with Crippen molar-refractivity contribution in [3.8, 4) is 0 Å². The molecule has 0 fully saturated rings. The molecule has 108 valence electrons. The van der Waals surface area contributed by atoms with Gasteiger partial charge in [-0.05, 0) is 54.1 Å². The van der Waals surface area contributed by atoms with Crippen LogP contribution in [-0.4, -0.2) is 40.0 Å². The second-order valence-electron chi connectivity index (χ2n) is 4.33. The van der Waals surface area contributed by atoms with E-state index in [9.17, 15) is 8.42 Å². The van der Waals surface area contributed by atoms with E-state index in [0.29, 0.717) is 17.6 Å². The third kappa shape index (κ3) is 4.82. The Balaban J connectivity index is 2.86. The Morgan fingerprint density at radius 3 is 2.47 bits per heavy atom. The molecule has 0 aromatic heterocycles. The number of nitrogens with one attached hydrogen (secondary N) is 1. The van der Waals surface area contributed by atoms with Crippen molar-refractivity contribution in [2.45, 2.75) is 18.7 Å². The van der Waals surface area contributed by atoms with Crippen LogP contribution in [0.1, 0.15) is 12.5 Å². The summed E-state index contributed by atoms with van der Waals surface area (Å²) in [6.45, 7) is 5.91. The fourth-order valence-electron chi connectivity index (χ4n) is 1.44. The molecule has 0 saturated carbocycles. The summed E-state index contributed by atoms with van der Waals surface area (Å²) in [5.41, 5.74) is 0.983. The standard InChI is InChI=1S/C12H18Br2N2O2S/c1-4-16(3)6-5-15-19(17,18)12-8-10(13)9(2)7-11(12)14/h7-8,15H,4-6H2,1-3H3. The molecule has 1 aromatic rings. The van der Waals surface area contributed by atoms with Gasteiger partial charge in [0.1, 0.15) is 0 Å². The number of aryl methyl sites for hydroxylation is 1. The van der Waals surface area contributed by atoms with Crippen LogP contribution in [0.5, 0.6) is 0 Å². The Morgan fingerprint density at radius 2 is 1.89 bits per heavy atom. The first-order chi connectivity index (χ1) is 8.77. The second-order valence-corrected chi connectivity index (χ2v) is 7.77. The Kier molecular flexibility index (Phi) is 6.46. The van der Waals surface area contributed by atoms with Crippen molar-refractivity contribution < 1.29 is 8.42 Å². The molecular weight excluding hydrogens is 396 g/mol. The highest BCUT2D eigenvalue weighted by Gasteiger charge is 2.18. The van der Waals surface area contributed by atoms with E-state index in [2.05, 4.69) is 36.6 Å². The van der Waals surface area contributed by atoms with Crippen molar-refractivity contribution in [3.63, 3.8) is 0 Å². The summed E-state index contributed by atoms with van der Waals surface area (Å²) >= 11 is 6.66. The maximum Gasteiger partial charge on any atom is 0.241 e. The first-order valence-electron chi connectivity index (χ1n) is 5.91. The maximum atomic E-state index is 12.2. The molecule has 0 atom stereocenters. The quantitative estimate of drug-likeness (QED) is 0.779. The fraction of sp³-hybridized carbons (Fsp3) is 0.500. The highest BCUT2D eigenvalue weighted by atomic mass is 79.9. The summed E-state index contributed by atoms with van der Waals surface area (Å²) in [6.07, 6.45) is 0. The zero-order valence-corrected chi connectivity index (χ0v) is 15.2. The number of hydrogen-bond donors (Lipinski definition) is 1. The van der Waals surface area contributed by atoms with E-state index >= 15 is 0 Å². The topological polar surface area (TPSA) is 49.4 Å². The fourth-order valence-corrected chi connectivity index (χ4v) is 4.14. The Morgan fingerprint density at radius 1 is 1.26 bits per heavy atom. The zero-order chi connectivity index (χ0) is 14.6. The van der Waals surface area contributed by atoms with Crippen LogP contribution >= 0.6 is 31.9 Å². The summed E-state index contributed by atoms with van der Waals surface area (Å²) in [4.78, 5) is 2.30. The van der Waals surface area contributed by atoms with Crippen molar-refractivity contribution in [3.05, 3.63) is 26.6 Å². The molecule has 0 spiro atoms. The number of benzene rings is 1. The van der Waals surface area contributed by atoms with Gasteiger partial charge in [0.15, 0.2) is 0 Å². The molecule has 7 heteroatoms. The number of rotatable bonds is 6. The number of likely N-dealkylation sites (N-methyl/N-ethyl adjacent to an activating group) is 1. The van der Waals surface area contributed by atoms with Crippen molar-refractivity contribution >= 4 is 41.9 Å². The number of hydrogen-bond acceptors (Lipinski definition) is 3. The lowest BCUT2D eigenvalue weighted by Crippen LogP contribution is -2.33. The van der Waals surface area contributed by atoms with E-state index in [0.717, 1.165) is 16.6 Å². The van der Waals surface area contributed by atoms with Crippen LogP contribution in [0.15, 0.2) is 26.0 Å². The first-order valence-corrected chi connectivity index (χ1v) is 8.98. The number of nitrogens with zero attached hydrogens (tertiary/aromatic N) is 1. The molecule has 4 nitrogen and oxygen atoms in total. The van der Waals surface area contributed by atoms with Gasteiger partial charge in [-0.25, -0.2) is 13.1 Å². The molecule has 0 aliphatic carbocycles. The van der Waals surface area contributed by atoms with Crippen LogP contribution in [0.25, 0.3) is 0 Å². The average molecular weight is 414 g/mol. The van der Waals surface area contributed by atoms with E-state index in [1.54, 1.807) is 12.1 Å². The molecule has 0 bridgehead atoms. The van der Waals surface area contributed by atoms with Gasteiger partial charge in [-0.1, -0.05) is 22.9 Å². The molecule has 0 saturated heterocycles. The molecule has 0 unspecified atom stereocenters. The molecule has 0 amide bonds. The molecule has 1 rings (SSSR count). The largest absolute Gasteiger partial charge is 0.305 e. The van der Waals surface area contributed by atoms with E-state index in [4.69, 9.17) is 0 Å². The zero-order valence-electron chi connectivity index (χ0n) is 11.2. The van der Waals surface area contributed by atoms with E-state index in [1.165, 1.54) is 0 Å². The van der Waals surface area contributed by atoms with Gasteiger partial charge < -0.3 is 4.90 Å². The molecule has 1 aromatic carbocycles. The minimum Gasteiger partial charge on any atom is -0.305 e. The van der Waals surface area contributed by atoms with Crippen LogP contribution in [0.4, 0.5) is 0 Å². The van der Waals surface area contributed by atoms with Gasteiger partial charge in [-0.15, -0.1) is 0 Å². The lowest BCUT2D eigenvalue weighted by molar-refractivity contribution is 0.358. The van der Waals surface area contributed by atoms with Crippen molar-refractivity contribution in [2.75, 3.05) is 26.7 Å². The second kappa shape index (κ2) is 7.17. The van der Waals surface area contributed by atoms with Crippen LogP contribution in [0.3, 0.4) is 0 Å². The predicted molar refractivity (Wildman–Crippen MR) is 84.9 cm³/mol. The molecule has 0 radical (unpaired) electrons. The average Bonchev–Trinajstić information content (AvgIpc) is 2.33. The predicted octanol–water partition coefficient (Wildman–Crippen LogP) is 2.75. The third-order valence-electron chi connectivity index (χ3n) is 2.83. The normalized spacial score (nSPS) is 12.1. The number of sulfonamides is 1. The molecule has 0 aliphatic rings. The van der Waals surface area contributed by atoms with Crippen LogP contribution in [-0.2, 0) is 10.0 Å². The molecule has 1 N–H and O–H groups in total. The van der Waals surface area contributed by atoms with E-state index < -0.39 is 10.0 Å². The van der Waals surface area contributed by atoms with Gasteiger partial charge in [-0.3, -0.25) is 0 Å². The lowest BCUT2D eigenvalue weighted by Gasteiger charge is -2.15. The third-order valence-corrected chi connectivity index (χ3v) is 6.10. The van der Waals surface area contributed by atoms with Crippen molar-refractivity contribution in [1.29, 1.82) is 0 Å². The summed E-state index contributed by atoms with van der Waals surface area (Å²) in [5, 5.41) is 0. The Labute approximate surface area is 131 Å². The summed E-state index contributed by atoms with van der Waals surface area (Å²) in [7, 11) is -1.54. The van der Waals surface area contributed by atoms with Crippen LogP contribution in [0.2, 0.25) is 0 Å². The summed E-state index contributed by atoms with van der Waals surface area (Å²) < 4.78 is 28.4. The Bertz CT molecular complexity index is 547. The number of halogens is 2. The minimum atomic E-state index is -3.49. The van der Waals surface area contributed by atoms with Crippen LogP contribution < -0.4 is 4.72 Å². The highest BCUT2D eigenvalue weighted by molar-refractivity contribution is 9.11. The SMILES string of the molecule is CCN(C)CCNS(=O)(=O)c1cc(Br)c(C)cc1Br. The van der Waals surface area contributed by atoms with Crippen LogP contribution in [0, 0.1) is 6.92 Å². The summed E-state index contributed by atoms with van der Waals surface area (Å²) in [5.74, 6) is 0. The van der Waals surface area contributed by atoms with Gasteiger partial charge in [0.2, 0.25) is 10.0 Å². The first kappa shape index (κ1) is 17.1. The monoisotopic (exact) mass is 412 g/mol. The van der Waals surface area contributed by atoms with Gasteiger partial charge >= 0.3 is 0 Å².